The van der Waals surface area contributed by atoms with Gasteiger partial charge in [0, 0.05) is 39.4 Å². The van der Waals surface area contributed by atoms with Gasteiger partial charge in [-0.1, -0.05) is 65.3 Å². The highest BCUT2D eigenvalue weighted by Gasteiger charge is 2.22. The Labute approximate surface area is 185 Å². The number of nitrogens with zero attached hydrogens (tertiary/aromatic N) is 3. The molecule has 7 rings (SSSR count). The van der Waals surface area contributed by atoms with Gasteiger partial charge in [-0.2, -0.15) is 0 Å². The molecule has 7 aromatic rings. The first-order chi connectivity index (χ1) is 15.9. The Balaban J connectivity index is 1.74. The van der Waals surface area contributed by atoms with Crippen LogP contribution in [0.2, 0.25) is 0 Å². The Morgan fingerprint density at radius 2 is 1.00 bits per heavy atom. The number of hydrogen-bond acceptors (Lipinski definition) is 0. The predicted octanol–water partition coefficient (Wildman–Crippen LogP) is 6.49. The molecule has 3 heteroatoms. The zero-order valence-electron chi connectivity index (χ0n) is 17.4. The highest BCUT2D eigenvalue weighted by Crippen LogP contribution is 2.40. The van der Waals surface area contributed by atoms with E-state index in [1.54, 1.807) is 0 Å². The maximum atomic E-state index is 2.38. The molecule has 3 nitrogen and oxygen atoms in total. The molecule has 0 fully saturated rings. The minimum atomic E-state index is 1.18. The molecule has 3 aromatic heterocycles. The summed E-state index contributed by atoms with van der Waals surface area (Å²) in [6.45, 7) is 0. The van der Waals surface area contributed by atoms with Crippen molar-refractivity contribution in [3.8, 4) is 5.69 Å². The summed E-state index contributed by atoms with van der Waals surface area (Å²) in [6, 6.07) is 38.8. The van der Waals surface area contributed by atoms with Gasteiger partial charge < -0.3 is 4.57 Å². The third-order valence-electron chi connectivity index (χ3n) is 6.39. The van der Waals surface area contributed by atoms with Gasteiger partial charge in [-0.3, -0.25) is 0 Å². The third-order valence-corrected chi connectivity index (χ3v) is 6.39. The molecule has 150 valence electrons. The number of fused-ring (bicyclic) bond motifs is 7. The zero-order valence-corrected chi connectivity index (χ0v) is 17.4. The first kappa shape index (κ1) is 17.3. The number of pyridine rings is 1. The van der Waals surface area contributed by atoms with Gasteiger partial charge in [0.05, 0.1) is 11.0 Å². The van der Waals surface area contributed by atoms with Crippen LogP contribution in [0.15, 0.2) is 122 Å². The van der Waals surface area contributed by atoms with Crippen molar-refractivity contribution in [2.75, 3.05) is 0 Å². The topological polar surface area (TPSA) is 13.7 Å². The van der Waals surface area contributed by atoms with Gasteiger partial charge >= 0.3 is 0 Å². The van der Waals surface area contributed by atoms with Gasteiger partial charge in [-0.25, -0.2) is 0 Å². The van der Waals surface area contributed by atoms with Crippen LogP contribution in [-0.2, 0) is 0 Å². The second-order valence-corrected chi connectivity index (χ2v) is 8.13. The van der Waals surface area contributed by atoms with Gasteiger partial charge in [-0.05, 0) is 36.4 Å². The van der Waals surface area contributed by atoms with Crippen LogP contribution in [0.5, 0.6) is 0 Å². The Morgan fingerprint density at radius 1 is 0.438 bits per heavy atom. The molecule has 0 N–H and O–H groups in total. The second-order valence-electron chi connectivity index (χ2n) is 8.13. The van der Waals surface area contributed by atoms with E-state index in [1.165, 1.54) is 49.3 Å². The van der Waals surface area contributed by atoms with Crippen molar-refractivity contribution in [2.45, 2.75) is 0 Å². The van der Waals surface area contributed by atoms with Crippen LogP contribution < -0.4 is 4.68 Å². The number of aromatic nitrogens is 3. The van der Waals surface area contributed by atoms with Gasteiger partial charge in [0.15, 0.2) is 0 Å². The van der Waals surface area contributed by atoms with Crippen molar-refractivity contribution < 1.29 is 4.68 Å². The summed E-state index contributed by atoms with van der Waals surface area (Å²) >= 11 is 0. The first-order valence-electron chi connectivity index (χ1n) is 10.9. The molecular weight excluding hydrogens is 390 g/mol. The van der Waals surface area contributed by atoms with E-state index < -0.39 is 0 Å². The summed E-state index contributed by atoms with van der Waals surface area (Å²) < 4.78 is 6.84. The Hall–Kier alpha value is -4.37. The molecule has 0 bridgehead atoms. The second kappa shape index (κ2) is 6.56. The van der Waals surface area contributed by atoms with E-state index in [-0.39, 0.29) is 0 Å². The smallest absolute Gasteiger partial charge is 0.200 e. The van der Waals surface area contributed by atoms with Crippen LogP contribution in [-0.4, -0.2) is 9.24 Å². The number of benzene rings is 4. The van der Waals surface area contributed by atoms with Crippen LogP contribution in [0.3, 0.4) is 0 Å². The van der Waals surface area contributed by atoms with Crippen LogP contribution in [0, 0.1) is 0 Å². The lowest BCUT2D eigenvalue weighted by molar-refractivity contribution is -0.720. The normalized spacial score (nSPS) is 11.8. The minimum Gasteiger partial charge on any atom is -0.309 e. The van der Waals surface area contributed by atoms with Crippen molar-refractivity contribution in [1.82, 2.24) is 9.24 Å². The Bertz CT molecular complexity index is 1620. The summed E-state index contributed by atoms with van der Waals surface area (Å²) in [7, 11) is 0. The molecular formula is C29H20N3+. The van der Waals surface area contributed by atoms with E-state index >= 15 is 0 Å². The van der Waals surface area contributed by atoms with Gasteiger partial charge in [-0.15, -0.1) is 4.68 Å². The summed E-state index contributed by atoms with van der Waals surface area (Å²) in [4.78, 5) is 0. The molecule has 0 saturated heterocycles. The average Bonchev–Trinajstić information content (AvgIpc) is 3.38. The highest BCUT2D eigenvalue weighted by atomic mass is 15.4. The van der Waals surface area contributed by atoms with Gasteiger partial charge in [0.1, 0.15) is 11.0 Å². The highest BCUT2D eigenvalue weighted by molar-refractivity contribution is 6.28. The number of hydrogen-bond donors (Lipinski definition) is 0. The third kappa shape index (κ3) is 2.28. The van der Waals surface area contributed by atoms with E-state index in [0.717, 1.165) is 0 Å². The van der Waals surface area contributed by atoms with E-state index in [1.807, 2.05) is 0 Å². The van der Waals surface area contributed by atoms with Crippen LogP contribution in [0.1, 0.15) is 0 Å². The van der Waals surface area contributed by atoms with Crippen molar-refractivity contribution in [3.63, 3.8) is 0 Å². The lowest BCUT2D eigenvalue weighted by atomic mass is 10.1. The van der Waals surface area contributed by atoms with E-state index in [0.29, 0.717) is 0 Å². The molecule has 0 aliphatic carbocycles. The molecule has 0 amide bonds. The van der Waals surface area contributed by atoms with Crippen LogP contribution in [0.25, 0.3) is 49.3 Å². The Morgan fingerprint density at radius 3 is 1.78 bits per heavy atom. The first-order valence-corrected chi connectivity index (χ1v) is 10.9. The fourth-order valence-corrected chi connectivity index (χ4v) is 5.13. The van der Waals surface area contributed by atoms with E-state index in [9.17, 15) is 0 Å². The fraction of sp³-hybridized carbons (Fsp3) is 0. The van der Waals surface area contributed by atoms with Crippen molar-refractivity contribution in [2.24, 2.45) is 0 Å². The SMILES string of the molecule is c1ccc(-n2c3ccccc3c3c4c5ccccc5n(-[n+]5ccccc5)c4ccc32)cc1. The summed E-state index contributed by atoms with van der Waals surface area (Å²) in [5.41, 5.74) is 6.03. The zero-order chi connectivity index (χ0) is 21.1. The van der Waals surface area contributed by atoms with Crippen LogP contribution in [0.4, 0.5) is 0 Å². The lowest BCUT2D eigenvalue weighted by Crippen LogP contribution is -2.40. The maximum Gasteiger partial charge on any atom is 0.200 e. The Kier molecular flexibility index (Phi) is 3.55. The van der Waals surface area contributed by atoms with Crippen molar-refractivity contribution >= 4 is 43.6 Å². The standard InChI is InChI=1S/C29H20N3/c1-3-11-21(12-4-1)31-24-15-7-5-13-22(24)28-26(31)17-18-27-29(28)23-14-6-8-16-25(23)32(27)30-19-9-2-10-20-30/h1-20H/q+1. The quantitative estimate of drug-likeness (QED) is 0.289. The molecule has 0 saturated carbocycles. The number of rotatable bonds is 2. The molecule has 0 aliphatic rings. The number of para-hydroxylation sites is 3. The predicted molar refractivity (Wildman–Crippen MR) is 131 cm³/mol. The average molecular weight is 411 g/mol. The van der Waals surface area contributed by atoms with Crippen LogP contribution >= 0.6 is 0 Å². The molecule has 32 heavy (non-hydrogen) atoms. The largest absolute Gasteiger partial charge is 0.309 e. The lowest BCUT2D eigenvalue weighted by Gasteiger charge is -2.07. The molecule has 4 aromatic carbocycles. The fourth-order valence-electron chi connectivity index (χ4n) is 5.13. The molecule has 0 spiro atoms. The summed E-state index contributed by atoms with van der Waals surface area (Å²) in [5.74, 6) is 0. The molecule has 0 radical (unpaired) electrons. The van der Waals surface area contributed by atoms with Gasteiger partial charge in [0.25, 0.3) is 0 Å². The van der Waals surface area contributed by atoms with E-state index in [2.05, 4.69) is 136 Å². The summed E-state index contributed by atoms with van der Waals surface area (Å²) in [6.07, 6.45) is 4.20. The molecule has 0 aliphatic heterocycles. The maximum absolute atomic E-state index is 2.38. The van der Waals surface area contributed by atoms with Gasteiger partial charge in [0.2, 0.25) is 12.4 Å². The van der Waals surface area contributed by atoms with E-state index in [4.69, 9.17) is 0 Å². The molecule has 0 unspecified atom stereocenters. The van der Waals surface area contributed by atoms with Crippen molar-refractivity contribution in [3.05, 3.63) is 122 Å². The summed E-state index contributed by atoms with van der Waals surface area (Å²) in [5, 5.41) is 5.13. The molecule has 0 atom stereocenters. The molecule has 3 heterocycles. The monoisotopic (exact) mass is 410 g/mol. The van der Waals surface area contributed by atoms with Crippen molar-refractivity contribution in [1.29, 1.82) is 0 Å². The minimum absolute atomic E-state index is 1.18.